The third kappa shape index (κ3) is 2.53. The lowest BCUT2D eigenvalue weighted by molar-refractivity contribution is -0.137. The molecule has 0 spiro atoms. The Morgan fingerprint density at radius 1 is 1.28 bits per heavy atom. The zero-order valence-electron chi connectivity index (χ0n) is 9.38. The summed E-state index contributed by atoms with van der Waals surface area (Å²) in [6.45, 7) is 1.88. The van der Waals surface area contributed by atoms with Crippen LogP contribution in [-0.2, 0) is 12.6 Å². The molecular weight excluding hydrogens is 266 g/mol. The van der Waals surface area contributed by atoms with Gasteiger partial charge in [0.1, 0.15) is 10.8 Å². The van der Waals surface area contributed by atoms with Crippen molar-refractivity contribution in [2.45, 2.75) is 19.5 Å². The highest BCUT2D eigenvalue weighted by molar-refractivity contribution is 7.13. The molecule has 0 atom stereocenters. The zero-order chi connectivity index (χ0) is 13.3. The van der Waals surface area contributed by atoms with Crippen molar-refractivity contribution < 1.29 is 17.6 Å². The third-order valence-corrected chi connectivity index (χ3v) is 3.36. The molecule has 0 saturated heterocycles. The molecule has 0 amide bonds. The Hall–Kier alpha value is -1.43. The minimum absolute atomic E-state index is 0.102. The van der Waals surface area contributed by atoms with Crippen LogP contribution in [0.2, 0.25) is 0 Å². The summed E-state index contributed by atoms with van der Waals surface area (Å²) in [5, 5.41) is 1.99. The van der Waals surface area contributed by atoms with Crippen LogP contribution in [0, 0.1) is 5.82 Å². The molecule has 6 heteroatoms. The predicted molar refractivity (Wildman–Crippen MR) is 61.9 cm³/mol. The number of aryl methyl sites for hydroxylation is 1. The van der Waals surface area contributed by atoms with Gasteiger partial charge < -0.3 is 0 Å². The van der Waals surface area contributed by atoms with E-state index in [0.29, 0.717) is 6.42 Å². The van der Waals surface area contributed by atoms with Gasteiger partial charge in [0.25, 0.3) is 0 Å². The first kappa shape index (κ1) is 13.0. The molecule has 1 nitrogen and oxygen atoms in total. The van der Waals surface area contributed by atoms with Crippen LogP contribution in [0.5, 0.6) is 0 Å². The highest BCUT2D eigenvalue weighted by Gasteiger charge is 2.31. The lowest BCUT2D eigenvalue weighted by atomic mass is 10.1. The molecule has 0 unspecified atom stereocenters. The molecule has 1 aromatic carbocycles. The molecule has 0 aliphatic rings. The summed E-state index contributed by atoms with van der Waals surface area (Å²) in [4.78, 5) is 4.09. The molecule has 1 aromatic heterocycles. The predicted octanol–water partition coefficient (Wildman–Crippen LogP) is 4.53. The third-order valence-electron chi connectivity index (χ3n) is 2.44. The zero-order valence-corrected chi connectivity index (χ0v) is 10.2. The Labute approximate surface area is 105 Å². The Balaban J connectivity index is 2.49. The fourth-order valence-corrected chi connectivity index (χ4v) is 2.38. The van der Waals surface area contributed by atoms with Gasteiger partial charge in [0, 0.05) is 10.9 Å². The van der Waals surface area contributed by atoms with Gasteiger partial charge >= 0.3 is 6.18 Å². The average molecular weight is 275 g/mol. The van der Waals surface area contributed by atoms with E-state index in [1.807, 2.05) is 6.92 Å². The number of rotatable bonds is 2. The Bertz CT molecular complexity index is 559. The number of hydrogen-bond donors (Lipinski definition) is 0. The van der Waals surface area contributed by atoms with Crippen LogP contribution in [0.1, 0.15) is 18.2 Å². The number of benzene rings is 1. The molecule has 2 rings (SSSR count). The number of hydrogen-bond acceptors (Lipinski definition) is 2. The fourth-order valence-electron chi connectivity index (χ4n) is 1.46. The van der Waals surface area contributed by atoms with Gasteiger partial charge in [-0.05, 0) is 24.6 Å². The van der Waals surface area contributed by atoms with Crippen molar-refractivity contribution in [1.82, 2.24) is 4.98 Å². The molecule has 0 aliphatic carbocycles. The highest BCUT2D eigenvalue weighted by atomic mass is 32.1. The summed E-state index contributed by atoms with van der Waals surface area (Å²) >= 11 is 1.14. The standard InChI is InChI=1S/C12H9F4NS/c1-2-8-6-18-11(17-8)9-5-7(12(14,15)16)3-4-10(9)13/h3-6H,2H2,1H3. The first-order valence-electron chi connectivity index (χ1n) is 5.23. The second-order valence-corrected chi connectivity index (χ2v) is 4.55. The monoisotopic (exact) mass is 275 g/mol. The maximum atomic E-state index is 13.6. The quantitative estimate of drug-likeness (QED) is 0.734. The van der Waals surface area contributed by atoms with Crippen molar-refractivity contribution in [3.8, 4) is 10.6 Å². The summed E-state index contributed by atoms with van der Waals surface area (Å²) in [7, 11) is 0. The van der Waals surface area contributed by atoms with Crippen molar-refractivity contribution in [3.05, 3.63) is 40.7 Å². The number of aromatic nitrogens is 1. The number of alkyl halides is 3. The summed E-state index contributed by atoms with van der Waals surface area (Å²) < 4.78 is 51.2. The smallest absolute Gasteiger partial charge is 0.241 e. The molecule has 0 saturated carbocycles. The molecule has 0 N–H and O–H groups in total. The molecule has 0 fully saturated rings. The van der Waals surface area contributed by atoms with Crippen LogP contribution in [0.4, 0.5) is 17.6 Å². The van der Waals surface area contributed by atoms with Gasteiger partial charge in [-0.2, -0.15) is 13.2 Å². The van der Waals surface area contributed by atoms with Crippen molar-refractivity contribution in [2.75, 3.05) is 0 Å². The molecule has 0 bridgehead atoms. The lowest BCUT2D eigenvalue weighted by Crippen LogP contribution is -2.05. The largest absolute Gasteiger partial charge is 0.416 e. The minimum Gasteiger partial charge on any atom is -0.241 e. The molecule has 0 aliphatic heterocycles. The summed E-state index contributed by atoms with van der Waals surface area (Å²) in [5.41, 5.74) is -0.228. The van der Waals surface area contributed by atoms with Gasteiger partial charge in [-0.25, -0.2) is 9.37 Å². The molecular formula is C12H9F4NS. The van der Waals surface area contributed by atoms with E-state index in [2.05, 4.69) is 4.98 Å². The van der Waals surface area contributed by atoms with Crippen LogP contribution in [-0.4, -0.2) is 4.98 Å². The van der Waals surface area contributed by atoms with Gasteiger partial charge in [0.2, 0.25) is 0 Å². The Kier molecular flexibility index (Phi) is 3.38. The molecule has 1 heterocycles. The normalized spacial score (nSPS) is 11.8. The maximum Gasteiger partial charge on any atom is 0.416 e. The van der Waals surface area contributed by atoms with Crippen LogP contribution in [0.3, 0.4) is 0 Å². The van der Waals surface area contributed by atoms with Gasteiger partial charge in [0.15, 0.2) is 0 Å². The second-order valence-electron chi connectivity index (χ2n) is 3.69. The summed E-state index contributed by atoms with van der Waals surface area (Å²) in [6.07, 6.45) is -3.82. The van der Waals surface area contributed by atoms with Crippen LogP contribution < -0.4 is 0 Å². The molecule has 96 valence electrons. The van der Waals surface area contributed by atoms with Crippen LogP contribution in [0.15, 0.2) is 23.6 Å². The van der Waals surface area contributed by atoms with E-state index in [-0.39, 0.29) is 10.6 Å². The van der Waals surface area contributed by atoms with E-state index in [4.69, 9.17) is 0 Å². The summed E-state index contributed by atoms with van der Waals surface area (Å²) in [5.74, 6) is -0.694. The first-order valence-corrected chi connectivity index (χ1v) is 6.11. The van der Waals surface area contributed by atoms with Gasteiger partial charge in [-0.3, -0.25) is 0 Å². The van der Waals surface area contributed by atoms with E-state index in [9.17, 15) is 17.6 Å². The van der Waals surface area contributed by atoms with E-state index in [1.54, 1.807) is 5.38 Å². The van der Waals surface area contributed by atoms with E-state index >= 15 is 0 Å². The number of thiazole rings is 1. The van der Waals surface area contributed by atoms with Crippen molar-refractivity contribution >= 4 is 11.3 Å². The minimum atomic E-state index is -4.48. The topological polar surface area (TPSA) is 12.9 Å². The van der Waals surface area contributed by atoms with Crippen LogP contribution >= 0.6 is 11.3 Å². The maximum absolute atomic E-state index is 13.6. The fraction of sp³-hybridized carbons (Fsp3) is 0.250. The van der Waals surface area contributed by atoms with Gasteiger partial charge in [0.05, 0.1) is 11.3 Å². The summed E-state index contributed by atoms with van der Waals surface area (Å²) in [6, 6.07) is 2.35. The van der Waals surface area contributed by atoms with E-state index < -0.39 is 17.6 Å². The van der Waals surface area contributed by atoms with Gasteiger partial charge in [-0.1, -0.05) is 6.92 Å². The van der Waals surface area contributed by atoms with Crippen molar-refractivity contribution in [1.29, 1.82) is 0 Å². The average Bonchev–Trinajstić information content (AvgIpc) is 2.76. The molecule has 0 radical (unpaired) electrons. The van der Waals surface area contributed by atoms with Gasteiger partial charge in [-0.15, -0.1) is 11.3 Å². The van der Waals surface area contributed by atoms with Crippen molar-refractivity contribution in [3.63, 3.8) is 0 Å². The Morgan fingerprint density at radius 3 is 2.56 bits per heavy atom. The SMILES string of the molecule is CCc1csc(-c2cc(C(F)(F)F)ccc2F)n1. The number of nitrogens with zero attached hydrogens (tertiary/aromatic N) is 1. The van der Waals surface area contributed by atoms with Crippen molar-refractivity contribution in [2.24, 2.45) is 0 Å². The number of halogens is 4. The lowest BCUT2D eigenvalue weighted by Gasteiger charge is -2.08. The first-order chi connectivity index (χ1) is 8.41. The molecule has 2 aromatic rings. The Morgan fingerprint density at radius 2 is 2.00 bits per heavy atom. The second kappa shape index (κ2) is 4.68. The van der Waals surface area contributed by atoms with E-state index in [1.165, 1.54) is 0 Å². The highest BCUT2D eigenvalue weighted by Crippen LogP contribution is 2.34. The van der Waals surface area contributed by atoms with E-state index in [0.717, 1.165) is 35.2 Å². The van der Waals surface area contributed by atoms with Crippen LogP contribution in [0.25, 0.3) is 10.6 Å². The molecule has 18 heavy (non-hydrogen) atoms.